The zero-order valence-corrected chi connectivity index (χ0v) is 23.0. The number of hydrogen-bond donors (Lipinski definition) is 2. The van der Waals surface area contributed by atoms with Crippen LogP contribution in [-0.2, 0) is 22.4 Å². The Hall–Kier alpha value is -3.26. The first kappa shape index (κ1) is 28.3. The number of benzene rings is 1. The number of nitrogens with zero attached hydrogens (tertiary/aromatic N) is 4. The Balaban J connectivity index is 1.50. The van der Waals surface area contributed by atoms with Crippen molar-refractivity contribution in [1.82, 2.24) is 25.1 Å². The number of nitrogens with one attached hydrogen (secondary N) is 2. The molecule has 0 aliphatic carbocycles. The first-order valence-electron chi connectivity index (χ1n) is 13.4. The molecule has 0 saturated carbocycles. The van der Waals surface area contributed by atoms with Gasteiger partial charge in [-0.05, 0) is 61.9 Å². The molecule has 0 unspecified atom stereocenters. The van der Waals surface area contributed by atoms with E-state index in [0.29, 0.717) is 12.5 Å². The molecule has 8 heteroatoms. The molecule has 1 fully saturated rings. The van der Waals surface area contributed by atoms with Crippen LogP contribution >= 0.6 is 0 Å². The van der Waals surface area contributed by atoms with Crippen LogP contribution < -0.4 is 10.6 Å². The van der Waals surface area contributed by atoms with Gasteiger partial charge < -0.3 is 15.5 Å². The second kappa shape index (κ2) is 13.9. The molecule has 2 heterocycles. The topological polar surface area (TPSA) is 90.5 Å². The largest absolute Gasteiger partial charge is 0.354 e. The number of hydrogen-bond acceptors (Lipinski definition) is 6. The molecule has 1 saturated heterocycles. The van der Waals surface area contributed by atoms with Crippen LogP contribution in [0.25, 0.3) is 0 Å². The third-order valence-corrected chi connectivity index (χ3v) is 6.53. The molecular formula is C29H42N6O2. The summed E-state index contributed by atoms with van der Waals surface area (Å²) in [4.78, 5) is 37.8. The molecule has 1 atom stereocenters. The zero-order chi connectivity index (χ0) is 26.8. The maximum Gasteiger partial charge on any atom is 0.246 e. The summed E-state index contributed by atoms with van der Waals surface area (Å²) in [6, 6.07) is 8.13. The average molecular weight is 507 g/mol. The molecule has 1 aliphatic rings. The van der Waals surface area contributed by atoms with Crippen molar-refractivity contribution in [2.24, 2.45) is 5.92 Å². The van der Waals surface area contributed by atoms with E-state index in [1.54, 1.807) is 19.3 Å². The van der Waals surface area contributed by atoms with E-state index in [4.69, 9.17) is 4.98 Å². The van der Waals surface area contributed by atoms with Gasteiger partial charge in [-0.25, -0.2) is 4.98 Å². The van der Waals surface area contributed by atoms with Gasteiger partial charge in [-0.2, -0.15) is 0 Å². The highest BCUT2D eigenvalue weighted by atomic mass is 16.2. The lowest BCUT2D eigenvalue weighted by Crippen LogP contribution is -2.39. The second-order valence-corrected chi connectivity index (χ2v) is 10.3. The lowest BCUT2D eigenvalue weighted by molar-refractivity contribution is -0.131. The molecule has 0 spiro atoms. The maximum atomic E-state index is 12.4. The molecule has 2 amide bonds. The predicted molar refractivity (Wildman–Crippen MR) is 149 cm³/mol. The van der Waals surface area contributed by atoms with Gasteiger partial charge in [-0.3, -0.25) is 19.5 Å². The molecule has 1 aliphatic heterocycles. The molecule has 1 aromatic carbocycles. The standard InChI is InChI=1S/C29H42N6O2/c1-6-25-26(16-21(2)3)33-27(19-30-25)32-24-11-7-10-23(17-24)22(4)18-31-28(36)20-34(5)29(37)12-8-13-35-14-9-15-35/h7-8,10-12,17,19,21-22H,6,9,13-16,18,20H2,1-5H3,(H,31,36)(H,32,33)/b12-8+/t22-/m0/s1. The van der Waals surface area contributed by atoms with E-state index in [-0.39, 0.29) is 24.3 Å². The zero-order valence-electron chi connectivity index (χ0n) is 23.0. The number of likely N-dealkylation sites (N-methyl/N-ethyl adjacent to an activating group) is 1. The SMILES string of the molecule is CCc1ncc(Nc2cccc([C@@H](C)CNC(=O)CN(C)C(=O)/C=C/CN3CCC3)c2)nc1CC(C)C. The average Bonchev–Trinajstić information content (AvgIpc) is 2.84. The lowest BCUT2D eigenvalue weighted by atomic mass is 10.0. The molecule has 1 aromatic heterocycles. The van der Waals surface area contributed by atoms with E-state index >= 15 is 0 Å². The van der Waals surface area contributed by atoms with E-state index in [2.05, 4.69) is 60.3 Å². The summed E-state index contributed by atoms with van der Waals surface area (Å²) >= 11 is 0. The summed E-state index contributed by atoms with van der Waals surface area (Å²) < 4.78 is 0. The molecule has 2 N–H and O–H groups in total. The van der Waals surface area contributed by atoms with Crippen LogP contribution in [0.3, 0.4) is 0 Å². The number of amides is 2. The Bertz CT molecular complexity index is 1080. The first-order chi connectivity index (χ1) is 17.7. The van der Waals surface area contributed by atoms with Crippen molar-refractivity contribution < 1.29 is 9.59 Å². The van der Waals surface area contributed by atoms with Gasteiger partial charge >= 0.3 is 0 Å². The molecule has 8 nitrogen and oxygen atoms in total. The Labute approximate surface area is 221 Å². The highest BCUT2D eigenvalue weighted by Crippen LogP contribution is 2.22. The Morgan fingerprint density at radius 2 is 1.97 bits per heavy atom. The molecule has 37 heavy (non-hydrogen) atoms. The first-order valence-corrected chi connectivity index (χ1v) is 13.4. The van der Waals surface area contributed by atoms with Crippen molar-refractivity contribution in [2.75, 3.05) is 45.1 Å². The van der Waals surface area contributed by atoms with Crippen LogP contribution in [0.2, 0.25) is 0 Å². The number of carbonyl (C=O) groups excluding carboxylic acids is 2. The number of aromatic nitrogens is 2. The third kappa shape index (κ3) is 8.97. The van der Waals surface area contributed by atoms with Crippen molar-refractivity contribution in [3.05, 3.63) is 59.6 Å². The van der Waals surface area contributed by atoms with Crippen LogP contribution in [0, 0.1) is 5.92 Å². The van der Waals surface area contributed by atoms with Gasteiger partial charge in [-0.1, -0.05) is 45.9 Å². The van der Waals surface area contributed by atoms with Crippen LogP contribution in [0.1, 0.15) is 57.0 Å². The van der Waals surface area contributed by atoms with Gasteiger partial charge in [-0.15, -0.1) is 0 Å². The highest BCUT2D eigenvalue weighted by molar-refractivity contribution is 5.91. The fourth-order valence-electron chi connectivity index (χ4n) is 4.16. The number of likely N-dealkylation sites (tertiary alicyclic amines) is 1. The predicted octanol–water partition coefficient (Wildman–Crippen LogP) is 3.92. The minimum atomic E-state index is -0.169. The number of anilines is 2. The molecule has 3 rings (SSSR count). The second-order valence-electron chi connectivity index (χ2n) is 10.3. The molecule has 200 valence electrons. The summed E-state index contributed by atoms with van der Waals surface area (Å²) in [5.41, 5.74) is 4.13. The van der Waals surface area contributed by atoms with Crippen LogP contribution in [-0.4, -0.2) is 71.4 Å². The minimum Gasteiger partial charge on any atom is -0.354 e. The molecule has 2 aromatic rings. The van der Waals surface area contributed by atoms with Gasteiger partial charge in [0.2, 0.25) is 11.8 Å². The summed E-state index contributed by atoms with van der Waals surface area (Å²) in [5, 5.41) is 6.34. The van der Waals surface area contributed by atoms with E-state index in [1.165, 1.54) is 11.3 Å². The molecule has 0 radical (unpaired) electrons. The van der Waals surface area contributed by atoms with Crippen molar-refractivity contribution in [2.45, 2.75) is 52.9 Å². The summed E-state index contributed by atoms with van der Waals surface area (Å²) in [7, 11) is 1.65. The van der Waals surface area contributed by atoms with Gasteiger partial charge in [0.15, 0.2) is 0 Å². The normalized spacial score (nSPS) is 14.4. The molecular weight excluding hydrogens is 464 g/mol. The minimum absolute atomic E-state index is 0.0341. The van der Waals surface area contributed by atoms with E-state index < -0.39 is 0 Å². The van der Waals surface area contributed by atoms with E-state index in [1.807, 2.05) is 18.2 Å². The van der Waals surface area contributed by atoms with E-state index in [9.17, 15) is 9.59 Å². The molecule has 0 bridgehead atoms. The van der Waals surface area contributed by atoms with Gasteiger partial charge in [0.05, 0.1) is 24.1 Å². The quantitative estimate of drug-likeness (QED) is 0.400. The Morgan fingerprint density at radius 1 is 1.19 bits per heavy atom. The number of carbonyl (C=O) groups is 2. The maximum absolute atomic E-state index is 12.4. The van der Waals surface area contributed by atoms with Gasteiger partial charge in [0.1, 0.15) is 5.82 Å². The van der Waals surface area contributed by atoms with E-state index in [0.717, 1.165) is 60.9 Å². The van der Waals surface area contributed by atoms with Crippen LogP contribution in [0.4, 0.5) is 11.5 Å². The Morgan fingerprint density at radius 3 is 2.65 bits per heavy atom. The third-order valence-electron chi connectivity index (χ3n) is 6.53. The lowest BCUT2D eigenvalue weighted by Gasteiger charge is -2.29. The fourth-order valence-corrected chi connectivity index (χ4v) is 4.16. The van der Waals surface area contributed by atoms with Gasteiger partial charge in [0.25, 0.3) is 0 Å². The van der Waals surface area contributed by atoms with Crippen molar-refractivity contribution >= 4 is 23.3 Å². The van der Waals surface area contributed by atoms with Gasteiger partial charge in [0, 0.05) is 31.9 Å². The monoisotopic (exact) mass is 506 g/mol. The summed E-state index contributed by atoms with van der Waals surface area (Å²) in [6.07, 6.45) is 8.21. The van der Waals surface area contributed by atoms with Crippen molar-refractivity contribution in [3.8, 4) is 0 Å². The fraction of sp³-hybridized carbons (Fsp3) is 0.517. The number of rotatable bonds is 13. The smallest absolute Gasteiger partial charge is 0.246 e. The van der Waals surface area contributed by atoms with Crippen molar-refractivity contribution in [1.29, 1.82) is 0 Å². The van der Waals surface area contributed by atoms with Crippen molar-refractivity contribution in [3.63, 3.8) is 0 Å². The summed E-state index contributed by atoms with van der Waals surface area (Å²) in [5.74, 6) is 1.02. The van der Waals surface area contributed by atoms with Crippen LogP contribution in [0.5, 0.6) is 0 Å². The van der Waals surface area contributed by atoms with Crippen LogP contribution in [0.15, 0.2) is 42.6 Å². The number of aryl methyl sites for hydroxylation is 1. The Kier molecular flexibility index (Phi) is 10.6. The summed E-state index contributed by atoms with van der Waals surface area (Å²) in [6.45, 7) is 12.0. The highest BCUT2D eigenvalue weighted by Gasteiger charge is 2.15.